The van der Waals surface area contributed by atoms with Crippen LogP contribution in [0.2, 0.25) is 0 Å². The molecule has 502 valence electrons. The number of aromatic nitrogens is 8. The summed E-state index contributed by atoms with van der Waals surface area (Å²) in [5, 5.41) is 8.06. The zero-order valence-electron chi connectivity index (χ0n) is 48.9. The summed E-state index contributed by atoms with van der Waals surface area (Å²) in [6.45, 7) is 0. The second-order valence-electron chi connectivity index (χ2n) is 21.9. The number of oxazole rings is 4. The number of benzene rings is 8. The topological polar surface area (TPSA) is 286 Å². The Hall–Kier alpha value is -8.29. The van der Waals surface area contributed by atoms with Crippen LogP contribution in [0.1, 0.15) is 58.3 Å². The number of carboxylic acids is 1. The summed E-state index contributed by atoms with van der Waals surface area (Å²) in [6.07, 6.45) is 5.92. The van der Waals surface area contributed by atoms with Gasteiger partial charge in [-0.1, -0.05) is 12.1 Å². The van der Waals surface area contributed by atoms with Crippen molar-refractivity contribution >= 4 is 189 Å². The maximum atomic E-state index is 15.2. The summed E-state index contributed by atoms with van der Waals surface area (Å²) in [7, 11) is -7.68. The molecule has 2 saturated carbocycles. The summed E-state index contributed by atoms with van der Waals surface area (Å²) in [5.74, 6) is -6.91. The van der Waals surface area contributed by atoms with Gasteiger partial charge in [0, 0.05) is 56.4 Å². The smallest absolute Gasteiger partial charge is 0.347 e. The van der Waals surface area contributed by atoms with Crippen molar-refractivity contribution in [1.82, 2.24) is 38.0 Å². The molecule has 2 aliphatic rings. The zero-order chi connectivity index (χ0) is 69.5. The standard InChI is InChI=1S/C17H10F2IN3O4S.C17H13F2IN2O3S.C15H8F2INO3.C14H6F2IN3O2/c18-10-5-8(20)1-4-11(10)22-16-12(6-13-15(14(16)19)21-7-27-13)23(17(22)24)28(25,26)9-2-3-9;18-13-6-10(20)2-1-9(13)5-12-14(22-26(23,24)11-3-4-11)7-15-17(16(12)19)21-8-25-15;16-11-4-8(18)2-1-7(11)3-9-10(15(20)21)5-12-14(13(9)17)19-6-22-12;15-7-3-6(17)1-2-9(7)20-13-8(19-14(20)21)4-10-12(11(13)16)18-5-22-10/h1,4-7,9H,2-3H2;1-2,6-8,11,22H,3-5H2;1-2,4-6H,3H2,(H,20,21);1-5H,(H,19,21). The molecule has 0 saturated heterocycles. The number of halogens is 12. The third-order valence-corrected chi connectivity index (χ3v) is 22.3. The lowest BCUT2D eigenvalue weighted by Gasteiger charge is -2.14. The van der Waals surface area contributed by atoms with Gasteiger partial charge in [-0.2, -0.15) is 3.97 Å². The number of aromatic carboxylic acids is 1. The first-order valence-electron chi connectivity index (χ1n) is 28.4. The van der Waals surface area contributed by atoms with Gasteiger partial charge in [0.25, 0.3) is 0 Å². The molecule has 0 spiro atoms. The summed E-state index contributed by atoms with van der Waals surface area (Å²) in [5.41, 5.74) is -2.11. The number of aromatic amines is 1. The lowest BCUT2D eigenvalue weighted by atomic mass is 9.98. The monoisotopic (exact) mass is 1830 g/mol. The first-order chi connectivity index (χ1) is 46.7. The van der Waals surface area contributed by atoms with Crippen molar-refractivity contribution in [3.05, 3.63) is 232 Å². The highest BCUT2D eigenvalue weighted by Gasteiger charge is 2.41. The van der Waals surface area contributed by atoms with Crippen molar-refractivity contribution in [2.24, 2.45) is 0 Å². The predicted molar refractivity (Wildman–Crippen MR) is 373 cm³/mol. The zero-order valence-corrected chi connectivity index (χ0v) is 59.1. The molecular weight excluding hydrogens is 1800 g/mol. The summed E-state index contributed by atoms with van der Waals surface area (Å²) in [4.78, 5) is 54.2. The van der Waals surface area contributed by atoms with E-state index in [0.717, 1.165) is 34.7 Å². The van der Waals surface area contributed by atoms with Crippen LogP contribution < -0.4 is 16.1 Å². The van der Waals surface area contributed by atoms with Crippen LogP contribution in [0.25, 0.3) is 77.8 Å². The predicted octanol–water partition coefficient (Wildman–Crippen LogP) is 14.7. The molecule has 2 fully saturated rings. The molecule has 0 atom stereocenters. The van der Waals surface area contributed by atoms with E-state index < -0.39 is 94.4 Å². The molecule has 3 N–H and O–H groups in total. The number of hydrogen-bond acceptors (Lipinski definition) is 15. The average Bonchev–Trinajstić information content (AvgIpc) is 1.55. The second kappa shape index (κ2) is 26.8. The van der Waals surface area contributed by atoms with Gasteiger partial charge in [-0.3, -0.25) is 13.9 Å². The number of hydrogen-bond donors (Lipinski definition) is 3. The number of anilines is 1. The molecular formula is C63H37F8I4N9O12S2. The Morgan fingerprint density at radius 2 is 0.959 bits per heavy atom. The van der Waals surface area contributed by atoms with Gasteiger partial charge in [0.15, 0.2) is 71.2 Å². The van der Waals surface area contributed by atoms with Crippen molar-refractivity contribution in [2.75, 3.05) is 4.72 Å². The van der Waals surface area contributed by atoms with E-state index in [1.807, 2.05) is 90.4 Å². The van der Waals surface area contributed by atoms with E-state index >= 15 is 4.39 Å². The Labute approximate surface area is 597 Å². The van der Waals surface area contributed by atoms with E-state index in [1.165, 1.54) is 72.8 Å². The van der Waals surface area contributed by atoms with Crippen LogP contribution in [0.15, 0.2) is 150 Å². The first-order valence-corrected chi connectivity index (χ1v) is 35.8. The highest BCUT2D eigenvalue weighted by atomic mass is 127. The van der Waals surface area contributed by atoms with E-state index in [2.05, 4.69) is 29.6 Å². The molecule has 6 aromatic heterocycles. The average molecular weight is 1840 g/mol. The van der Waals surface area contributed by atoms with Crippen molar-refractivity contribution in [3.63, 3.8) is 0 Å². The summed E-state index contributed by atoms with van der Waals surface area (Å²) < 4.78 is 194. The number of carbonyl (C=O) groups is 1. The molecule has 0 unspecified atom stereocenters. The van der Waals surface area contributed by atoms with Gasteiger partial charge in [-0.25, -0.2) is 86.3 Å². The fourth-order valence-electron chi connectivity index (χ4n) is 10.6. The highest BCUT2D eigenvalue weighted by Crippen LogP contribution is 2.38. The van der Waals surface area contributed by atoms with Crippen molar-refractivity contribution in [2.45, 2.75) is 49.0 Å². The van der Waals surface area contributed by atoms with Gasteiger partial charge in [-0.15, -0.1) is 0 Å². The Balaban J connectivity index is 0.000000118. The molecule has 6 heterocycles. The third-order valence-electron chi connectivity index (χ3n) is 15.6. The van der Waals surface area contributed by atoms with Crippen molar-refractivity contribution < 1.29 is 79.5 Å². The molecule has 21 nitrogen and oxygen atoms in total. The SMILES string of the molecule is O=C(O)c1cc2ocnc2c(F)c1Cc1ccc(I)cc1F.O=S(=O)(Nc1cc2ocnc2c(F)c1Cc1ccc(I)cc1F)C1CC1.O=c1[nH]c2cc3ocnc3c(F)c2n1-c1ccc(I)cc1F.O=c1n(-c2ccc(I)cc2F)c2c(F)c3ncoc3cc2n1S(=O)(=O)C1CC1. The maximum absolute atomic E-state index is 15.2. The number of rotatable bonds is 12. The largest absolute Gasteiger partial charge is 0.478 e. The van der Waals surface area contributed by atoms with Crippen LogP contribution in [0.4, 0.5) is 40.8 Å². The van der Waals surface area contributed by atoms with E-state index in [-0.39, 0.29) is 124 Å². The van der Waals surface area contributed by atoms with Crippen LogP contribution in [-0.4, -0.2) is 76.4 Å². The minimum absolute atomic E-state index is 0.00818. The Morgan fingerprint density at radius 3 is 1.45 bits per heavy atom. The van der Waals surface area contributed by atoms with E-state index in [0.29, 0.717) is 43.9 Å². The number of sulfonamides is 1. The minimum atomic E-state index is -4.07. The van der Waals surface area contributed by atoms with Crippen LogP contribution in [-0.2, 0) is 32.9 Å². The summed E-state index contributed by atoms with van der Waals surface area (Å²) >= 11 is 7.79. The van der Waals surface area contributed by atoms with Crippen LogP contribution >= 0.6 is 90.4 Å². The third kappa shape index (κ3) is 13.1. The Kier molecular flexibility index (Phi) is 18.6. The minimum Gasteiger partial charge on any atom is -0.478 e. The van der Waals surface area contributed by atoms with Gasteiger partial charge < -0.3 is 27.8 Å². The fourth-order valence-corrected chi connectivity index (χ4v) is 15.6. The van der Waals surface area contributed by atoms with E-state index in [4.69, 9.17) is 17.7 Å². The van der Waals surface area contributed by atoms with Gasteiger partial charge in [0.1, 0.15) is 56.4 Å². The van der Waals surface area contributed by atoms with E-state index in [1.54, 1.807) is 24.3 Å². The van der Waals surface area contributed by atoms with Crippen LogP contribution in [0.5, 0.6) is 0 Å². The quantitative estimate of drug-likeness (QED) is 0.0757. The van der Waals surface area contributed by atoms with Gasteiger partial charge in [-0.05, 0) is 194 Å². The summed E-state index contributed by atoms with van der Waals surface area (Å²) in [6, 6.07) is 22.7. The van der Waals surface area contributed by atoms with Gasteiger partial charge in [0.05, 0.1) is 44.2 Å². The van der Waals surface area contributed by atoms with Crippen LogP contribution in [0, 0.1) is 60.8 Å². The maximum Gasteiger partial charge on any atom is 0.347 e. The van der Waals surface area contributed by atoms with Gasteiger partial charge in [0.2, 0.25) is 20.0 Å². The molecule has 98 heavy (non-hydrogen) atoms. The number of nitrogens with zero attached hydrogens (tertiary/aromatic N) is 7. The van der Waals surface area contributed by atoms with Crippen LogP contribution in [0.3, 0.4) is 0 Å². The lowest BCUT2D eigenvalue weighted by Crippen LogP contribution is -2.31. The second-order valence-corrected chi connectivity index (χ2v) is 30.9. The molecule has 0 radical (unpaired) electrons. The number of nitrogens with one attached hydrogen (secondary N) is 2. The fraction of sp³-hybridized carbons (Fsp3) is 0.127. The Morgan fingerprint density at radius 1 is 0.531 bits per heavy atom. The molecule has 14 aromatic rings. The molecule has 16 rings (SSSR count). The molecule has 2 aliphatic carbocycles. The molecule has 0 aliphatic heterocycles. The number of H-pyrrole nitrogens is 1. The number of carboxylic acid groups (broad SMARTS) is 1. The molecule has 0 amide bonds. The van der Waals surface area contributed by atoms with Crippen molar-refractivity contribution in [3.8, 4) is 11.4 Å². The normalized spacial score (nSPS) is 13.3. The lowest BCUT2D eigenvalue weighted by molar-refractivity contribution is 0.0695. The Bertz CT molecular complexity index is 5990. The first kappa shape index (κ1) is 68.2. The van der Waals surface area contributed by atoms with Gasteiger partial charge >= 0.3 is 17.3 Å². The molecule has 35 heteroatoms. The number of fused-ring (bicyclic) bond motifs is 6. The van der Waals surface area contributed by atoms with E-state index in [9.17, 15) is 67.1 Å². The molecule has 8 aromatic carbocycles. The van der Waals surface area contributed by atoms with Crippen molar-refractivity contribution in [1.29, 1.82) is 0 Å². The molecule has 0 bridgehead atoms. The number of imidazole rings is 2. The highest BCUT2D eigenvalue weighted by molar-refractivity contribution is 14.1.